The Bertz CT molecular complexity index is 571. The Hall–Kier alpha value is -1.96. The summed E-state index contributed by atoms with van der Waals surface area (Å²) in [6, 6.07) is 10.5. The molecule has 0 N–H and O–H groups in total. The van der Waals surface area contributed by atoms with E-state index in [4.69, 9.17) is 0 Å². The highest BCUT2D eigenvalue weighted by Crippen LogP contribution is 2.10. The Morgan fingerprint density at radius 3 is 2.32 bits per heavy atom. The minimum atomic E-state index is 0.983. The van der Waals surface area contributed by atoms with Gasteiger partial charge in [0.25, 0.3) is 0 Å². The highest BCUT2D eigenvalue weighted by molar-refractivity contribution is 5.47. The van der Waals surface area contributed by atoms with Crippen LogP contribution in [-0.2, 0) is 6.42 Å². The molecule has 0 saturated carbocycles. The fraction of sp³-hybridized carbons (Fsp3) is 0.294. The molecule has 2 nitrogen and oxygen atoms in total. The average molecular weight is 252 g/mol. The van der Waals surface area contributed by atoms with Crippen LogP contribution in [0.2, 0.25) is 0 Å². The first-order valence-corrected chi connectivity index (χ1v) is 6.69. The van der Waals surface area contributed by atoms with Crippen LogP contribution in [0.1, 0.15) is 34.8 Å². The lowest BCUT2D eigenvalue weighted by Crippen LogP contribution is -1.98. The van der Waals surface area contributed by atoms with Crippen molar-refractivity contribution in [3.8, 4) is 0 Å². The zero-order valence-electron chi connectivity index (χ0n) is 11.9. The minimum absolute atomic E-state index is 0.983. The van der Waals surface area contributed by atoms with Crippen molar-refractivity contribution >= 4 is 6.08 Å². The van der Waals surface area contributed by atoms with E-state index in [1.165, 1.54) is 5.56 Å². The number of allylic oxidation sites excluding steroid dienone is 1. The molecule has 0 aliphatic heterocycles. The lowest BCUT2D eigenvalue weighted by Gasteiger charge is -2.04. The second-order valence-electron chi connectivity index (χ2n) is 4.79. The lowest BCUT2D eigenvalue weighted by atomic mass is 10.1. The molecule has 1 heterocycles. The van der Waals surface area contributed by atoms with Crippen LogP contribution < -0.4 is 0 Å². The second-order valence-corrected chi connectivity index (χ2v) is 4.79. The topological polar surface area (TPSA) is 25.8 Å². The number of nitrogens with zero attached hydrogens (tertiary/aromatic N) is 2. The molecule has 0 aliphatic carbocycles. The van der Waals surface area contributed by atoms with Crippen molar-refractivity contribution in [2.75, 3.05) is 0 Å². The maximum atomic E-state index is 4.57. The molecule has 19 heavy (non-hydrogen) atoms. The van der Waals surface area contributed by atoms with E-state index in [1.54, 1.807) is 0 Å². The Morgan fingerprint density at radius 2 is 1.58 bits per heavy atom. The molecule has 0 amide bonds. The average Bonchev–Trinajstić information content (AvgIpc) is 2.41. The molecule has 1 aromatic heterocycles. The standard InChI is InChI=1S/C17H20N2/c1-13-14(2)19-17(15(3)18-13)12-8-7-11-16-9-5-4-6-10-16/h4-6,8-10,12H,7,11H2,1-3H3. The summed E-state index contributed by atoms with van der Waals surface area (Å²) in [7, 11) is 0. The van der Waals surface area contributed by atoms with Crippen molar-refractivity contribution in [1.82, 2.24) is 9.97 Å². The van der Waals surface area contributed by atoms with Gasteiger partial charge in [-0.25, -0.2) is 4.98 Å². The van der Waals surface area contributed by atoms with E-state index in [1.807, 2.05) is 26.8 Å². The number of hydrogen-bond donors (Lipinski definition) is 0. The fourth-order valence-electron chi connectivity index (χ4n) is 1.98. The number of benzene rings is 1. The molecule has 0 atom stereocenters. The van der Waals surface area contributed by atoms with Crippen LogP contribution in [0, 0.1) is 20.8 Å². The molecule has 0 aliphatic rings. The zero-order valence-corrected chi connectivity index (χ0v) is 11.9. The van der Waals surface area contributed by atoms with E-state index in [0.717, 1.165) is 35.6 Å². The smallest absolute Gasteiger partial charge is 0.0842 e. The van der Waals surface area contributed by atoms with Crippen molar-refractivity contribution < 1.29 is 0 Å². The summed E-state index contributed by atoms with van der Waals surface area (Å²) in [6.45, 7) is 6.01. The minimum Gasteiger partial charge on any atom is -0.254 e. The van der Waals surface area contributed by atoms with Gasteiger partial charge in [-0.1, -0.05) is 36.4 Å². The van der Waals surface area contributed by atoms with Crippen molar-refractivity contribution in [2.45, 2.75) is 33.6 Å². The normalized spacial score (nSPS) is 11.1. The molecule has 98 valence electrons. The van der Waals surface area contributed by atoms with Crippen molar-refractivity contribution in [3.63, 3.8) is 0 Å². The molecule has 2 rings (SSSR count). The van der Waals surface area contributed by atoms with E-state index in [2.05, 4.69) is 46.4 Å². The Morgan fingerprint density at radius 1 is 0.895 bits per heavy atom. The molecule has 1 aromatic carbocycles. The van der Waals surface area contributed by atoms with Crippen LogP contribution in [0.4, 0.5) is 0 Å². The first-order chi connectivity index (χ1) is 9.16. The third-order valence-electron chi connectivity index (χ3n) is 3.24. The number of rotatable bonds is 4. The van der Waals surface area contributed by atoms with E-state index in [-0.39, 0.29) is 0 Å². The molecule has 0 saturated heterocycles. The van der Waals surface area contributed by atoms with E-state index in [9.17, 15) is 0 Å². The van der Waals surface area contributed by atoms with Gasteiger partial charge in [-0.05, 0) is 45.3 Å². The maximum absolute atomic E-state index is 4.57. The van der Waals surface area contributed by atoms with Crippen molar-refractivity contribution in [1.29, 1.82) is 0 Å². The van der Waals surface area contributed by atoms with Gasteiger partial charge in [-0.15, -0.1) is 0 Å². The monoisotopic (exact) mass is 252 g/mol. The maximum Gasteiger partial charge on any atom is 0.0842 e. The van der Waals surface area contributed by atoms with Crippen LogP contribution in [0.3, 0.4) is 0 Å². The molecule has 2 heteroatoms. The first-order valence-electron chi connectivity index (χ1n) is 6.69. The van der Waals surface area contributed by atoms with Gasteiger partial charge in [0.2, 0.25) is 0 Å². The van der Waals surface area contributed by atoms with Crippen LogP contribution in [0.5, 0.6) is 0 Å². The quantitative estimate of drug-likeness (QED) is 0.820. The third-order valence-corrected chi connectivity index (χ3v) is 3.24. The van der Waals surface area contributed by atoms with Crippen molar-refractivity contribution in [2.24, 2.45) is 0 Å². The van der Waals surface area contributed by atoms with Gasteiger partial charge >= 0.3 is 0 Å². The summed E-state index contributed by atoms with van der Waals surface area (Å²) in [5.41, 5.74) is 5.37. The Balaban J connectivity index is 1.98. The van der Waals surface area contributed by atoms with Gasteiger partial charge < -0.3 is 0 Å². The zero-order chi connectivity index (χ0) is 13.7. The molecular formula is C17H20N2. The number of hydrogen-bond acceptors (Lipinski definition) is 2. The Kier molecular flexibility index (Phi) is 4.45. The van der Waals surface area contributed by atoms with E-state index in [0.29, 0.717) is 0 Å². The molecule has 0 spiro atoms. The molecule has 0 fully saturated rings. The van der Waals surface area contributed by atoms with E-state index >= 15 is 0 Å². The molecular weight excluding hydrogens is 232 g/mol. The molecule has 2 aromatic rings. The van der Waals surface area contributed by atoms with Crippen LogP contribution in [0.25, 0.3) is 6.08 Å². The van der Waals surface area contributed by atoms with Crippen LogP contribution in [-0.4, -0.2) is 9.97 Å². The molecule has 0 bridgehead atoms. The van der Waals surface area contributed by atoms with Gasteiger partial charge in [0.15, 0.2) is 0 Å². The molecule has 0 radical (unpaired) electrons. The van der Waals surface area contributed by atoms with Gasteiger partial charge in [0, 0.05) is 0 Å². The summed E-state index contributed by atoms with van der Waals surface area (Å²) in [5, 5.41) is 0. The first kappa shape index (κ1) is 13.5. The van der Waals surface area contributed by atoms with Gasteiger partial charge in [0.05, 0.1) is 22.8 Å². The van der Waals surface area contributed by atoms with Gasteiger partial charge in [0.1, 0.15) is 0 Å². The van der Waals surface area contributed by atoms with E-state index < -0.39 is 0 Å². The van der Waals surface area contributed by atoms with Crippen molar-refractivity contribution in [3.05, 3.63) is 64.7 Å². The fourth-order valence-corrected chi connectivity index (χ4v) is 1.98. The Labute approximate surface area is 115 Å². The summed E-state index contributed by atoms with van der Waals surface area (Å²) in [5.74, 6) is 0. The third kappa shape index (κ3) is 3.75. The highest BCUT2D eigenvalue weighted by atomic mass is 14.8. The lowest BCUT2D eigenvalue weighted by molar-refractivity contribution is 0.982. The summed E-state index contributed by atoms with van der Waals surface area (Å²) in [4.78, 5) is 9.06. The number of aryl methyl sites for hydroxylation is 4. The highest BCUT2D eigenvalue weighted by Gasteiger charge is 2.01. The summed E-state index contributed by atoms with van der Waals surface area (Å²) >= 11 is 0. The van der Waals surface area contributed by atoms with Crippen LogP contribution >= 0.6 is 0 Å². The SMILES string of the molecule is Cc1nc(C)c(C=CCCc2ccccc2)nc1C. The molecule has 0 unspecified atom stereocenters. The predicted molar refractivity (Wildman–Crippen MR) is 80.0 cm³/mol. The largest absolute Gasteiger partial charge is 0.254 e. The van der Waals surface area contributed by atoms with Gasteiger partial charge in [-0.3, -0.25) is 4.98 Å². The number of aromatic nitrogens is 2. The summed E-state index contributed by atoms with van der Waals surface area (Å²) < 4.78 is 0. The van der Waals surface area contributed by atoms with Gasteiger partial charge in [-0.2, -0.15) is 0 Å². The predicted octanol–water partition coefficient (Wildman–Crippen LogP) is 4.05. The summed E-state index contributed by atoms with van der Waals surface area (Å²) in [6.07, 6.45) is 6.35. The van der Waals surface area contributed by atoms with Crippen LogP contribution in [0.15, 0.2) is 36.4 Å². The second kappa shape index (κ2) is 6.28.